The molecule has 0 bridgehead atoms. The molecule has 0 spiro atoms. The molecule has 0 saturated carbocycles. The van der Waals surface area contributed by atoms with Gasteiger partial charge in [-0.1, -0.05) is 60.7 Å². The average Bonchev–Trinajstić information content (AvgIpc) is 3.49. The average molecular weight is 521 g/mol. The van der Waals surface area contributed by atoms with Gasteiger partial charge < -0.3 is 19.9 Å². The van der Waals surface area contributed by atoms with E-state index < -0.39 is 53.7 Å². The Morgan fingerprint density at radius 1 is 0.947 bits per heavy atom. The number of nitrogens with one attached hydrogen (secondary N) is 1. The Morgan fingerprint density at radius 3 is 2.11 bits per heavy atom. The number of carbonyl (C=O) groups excluding carboxylic acids is 4. The number of rotatable bonds is 6. The third kappa shape index (κ3) is 5.51. The minimum absolute atomic E-state index is 0.230. The van der Waals surface area contributed by atoms with E-state index in [1.165, 1.54) is 9.80 Å². The van der Waals surface area contributed by atoms with Gasteiger partial charge in [0.15, 0.2) is 0 Å². The van der Waals surface area contributed by atoms with Crippen LogP contribution in [-0.2, 0) is 20.7 Å². The van der Waals surface area contributed by atoms with Crippen molar-refractivity contribution in [1.82, 2.24) is 20.0 Å². The Kier molecular flexibility index (Phi) is 7.49. The van der Waals surface area contributed by atoms with Gasteiger partial charge in [0.25, 0.3) is 5.91 Å². The van der Waals surface area contributed by atoms with Gasteiger partial charge >= 0.3 is 12.1 Å². The maximum atomic E-state index is 13.8. The molecular weight excluding hydrogens is 484 g/mol. The lowest BCUT2D eigenvalue weighted by Gasteiger charge is -2.25. The Bertz CT molecular complexity index is 1200. The molecule has 5 amide bonds. The first-order chi connectivity index (χ1) is 17.9. The number of urea groups is 1. The van der Waals surface area contributed by atoms with Gasteiger partial charge in [0.1, 0.15) is 17.7 Å². The van der Waals surface area contributed by atoms with Crippen molar-refractivity contribution < 1.29 is 23.9 Å². The normalized spacial score (nSPS) is 23.7. The van der Waals surface area contributed by atoms with Gasteiger partial charge in [-0.05, 0) is 45.7 Å². The van der Waals surface area contributed by atoms with E-state index in [4.69, 9.17) is 4.74 Å². The molecule has 2 heterocycles. The molecule has 1 N–H and O–H groups in total. The number of hydrogen-bond donors (Lipinski definition) is 1. The minimum Gasteiger partial charge on any atom is -0.444 e. The maximum Gasteiger partial charge on any atom is 0.408 e. The van der Waals surface area contributed by atoms with Crippen molar-refractivity contribution in [3.05, 3.63) is 71.8 Å². The molecule has 0 aliphatic carbocycles. The molecule has 0 unspecified atom stereocenters. The van der Waals surface area contributed by atoms with Crippen molar-refractivity contribution >= 4 is 23.9 Å². The smallest absolute Gasteiger partial charge is 0.408 e. The van der Waals surface area contributed by atoms with Crippen LogP contribution in [0.4, 0.5) is 9.59 Å². The highest BCUT2D eigenvalue weighted by atomic mass is 16.6. The van der Waals surface area contributed by atoms with Crippen molar-refractivity contribution in [2.45, 2.75) is 76.8 Å². The maximum absolute atomic E-state index is 13.8. The van der Waals surface area contributed by atoms with Crippen LogP contribution in [0.25, 0.3) is 0 Å². The Hall–Kier alpha value is -3.88. The second-order valence-electron chi connectivity index (χ2n) is 11.0. The molecule has 9 heteroatoms. The number of benzene rings is 2. The van der Waals surface area contributed by atoms with Crippen LogP contribution in [0.3, 0.4) is 0 Å². The molecule has 2 aliphatic heterocycles. The summed E-state index contributed by atoms with van der Waals surface area (Å²) in [6.45, 7) is 8.92. The molecule has 0 aromatic heterocycles. The van der Waals surface area contributed by atoms with Crippen LogP contribution < -0.4 is 5.32 Å². The van der Waals surface area contributed by atoms with Gasteiger partial charge in [0, 0.05) is 13.5 Å². The van der Waals surface area contributed by atoms with Crippen molar-refractivity contribution in [3.8, 4) is 0 Å². The molecule has 5 atom stereocenters. The predicted octanol–water partition coefficient (Wildman–Crippen LogP) is 3.75. The highest BCUT2D eigenvalue weighted by Crippen LogP contribution is 2.39. The largest absolute Gasteiger partial charge is 0.444 e. The monoisotopic (exact) mass is 520 g/mol. The molecule has 2 aromatic carbocycles. The van der Waals surface area contributed by atoms with E-state index >= 15 is 0 Å². The summed E-state index contributed by atoms with van der Waals surface area (Å²) in [5, 5.41) is 2.70. The summed E-state index contributed by atoms with van der Waals surface area (Å²) in [6.07, 6.45) is -0.476. The van der Waals surface area contributed by atoms with Gasteiger partial charge in [-0.3, -0.25) is 14.5 Å². The number of nitrogens with zero attached hydrogens (tertiary/aromatic N) is 3. The van der Waals surface area contributed by atoms with Crippen LogP contribution in [-0.4, -0.2) is 75.5 Å². The van der Waals surface area contributed by atoms with Gasteiger partial charge in [0.05, 0.1) is 18.1 Å². The van der Waals surface area contributed by atoms with E-state index in [2.05, 4.69) is 5.32 Å². The number of imide groups is 1. The van der Waals surface area contributed by atoms with E-state index in [0.717, 1.165) is 11.1 Å². The number of carbonyl (C=O) groups is 4. The number of amides is 5. The fraction of sp³-hybridized carbons (Fsp3) is 0.448. The number of alkyl carbamates (subject to hydrolysis) is 1. The molecule has 2 fully saturated rings. The third-order valence-electron chi connectivity index (χ3n) is 7.12. The Labute approximate surface area is 223 Å². The second kappa shape index (κ2) is 10.5. The van der Waals surface area contributed by atoms with Crippen LogP contribution >= 0.6 is 0 Å². The van der Waals surface area contributed by atoms with Gasteiger partial charge in [-0.2, -0.15) is 0 Å². The van der Waals surface area contributed by atoms with E-state index in [-0.39, 0.29) is 12.5 Å². The molecule has 9 nitrogen and oxygen atoms in total. The molecule has 2 saturated heterocycles. The Morgan fingerprint density at radius 2 is 1.53 bits per heavy atom. The van der Waals surface area contributed by atoms with Gasteiger partial charge in [-0.15, -0.1) is 0 Å². The Balaban J connectivity index is 1.56. The number of ether oxygens (including phenoxy) is 1. The van der Waals surface area contributed by atoms with Crippen LogP contribution in [0.15, 0.2) is 60.7 Å². The summed E-state index contributed by atoms with van der Waals surface area (Å²) >= 11 is 0. The quantitative estimate of drug-likeness (QED) is 0.585. The summed E-state index contributed by atoms with van der Waals surface area (Å²) in [5.41, 5.74) is 0.973. The topological polar surface area (TPSA) is 99.0 Å². The molecule has 4 rings (SSSR count). The molecule has 2 aromatic rings. The SMILES string of the molecule is C[C@@H]1[C@@H](C(=O)N2C(=O)N(C)[C@@H](C)[C@H]2c2ccccc2)N1C(=O)[C@H](Cc1ccccc1)NC(=O)OC(C)(C)C. The first-order valence-electron chi connectivity index (χ1n) is 12.9. The van der Waals surface area contributed by atoms with Crippen LogP contribution in [0, 0.1) is 0 Å². The summed E-state index contributed by atoms with van der Waals surface area (Å²) < 4.78 is 5.39. The highest BCUT2D eigenvalue weighted by Gasteiger charge is 2.59. The molecule has 0 radical (unpaired) electrons. The number of hydrogen-bond acceptors (Lipinski definition) is 5. The van der Waals surface area contributed by atoms with Crippen molar-refractivity contribution in [2.75, 3.05) is 7.05 Å². The second-order valence-corrected chi connectivity index (χ2v) is 11.0. The summed E-state index contributed by atoms with van der Waals surface area (Å²) in [4.78, 5) is 57.5. The van der Waals surface area contributed by atoms with Crippen LogP contribution in [0.1, 0.15) is 51.8 Å². The minimum atomic E-state index is -0.937. The van der Waals surface area contributed by atoms with E-state index in [1.54, 1.807) is 39.6 Å². The zero-order valence-corrected chi connectivity index (χ0v) is 22.8. The lowest BCUT2D eigenvalue weighted by Crippen LogP contribution is -2.48. The highest BCUT2D eigenvalue weighted by molar-refractivity contribution is 6.04. The van der Waals surface area contributed by atoms with E-state index in [9.17, 15) is 19.2 Å². The lowest BCUT2D eigenvalue weighted by atomic mass is 10.00. The first kappa shape index (κ1) is 27.2. The van der Waals surface area contributed by atoms with Crippen molar-refractivity contribution in [2.24, 2.45) is 0 Å². The van der Waals surface area contributed by atoms with Crippen LogP contribution in [0.2, 0.25) is 0 Å². The van der Waals surface area contributed by atoms with E-state index in [0.29, 0.717) is 0 Å². The fourth-order valence-electron chi connectivity index (χ4n) is 5.03. The van der Waals surface area contributed by atoms with Crippen LogP contribution in [0.5, 0.6) is 0 Å². The third-order valence-corrected chi connectivity index (χ3v) is 7.12. The molecule has 202 valence electrons. The molecular formula is C29H36N4O5. The standard InChI is InChI=1S/C29H36N4O5/c1-18-23(21-15-11-8-12-16-21)33(28(37)31(18)6)26(35)24-19(2)32(24)25(34)22(17-20-13-9-7-10-14-20)30-27(36)38-29(3,4)5/h7-16,18-19,22-24H,17H2,1-6H3,(H,30,36)/t18-,19+,22-,23-,24-,32?/m0/s1. The van der Waals surface area contributed by atoms with Gasteiger partial charge in [0.2, 0.25) is 5.91 Å². The van der Waals surface area contributed by atoms with Crippen molar-refractivity contribution in [3.63, 3.8) is 0 Å². The van der Waals surface area contributed by atoms with Crippen molar-refractivity contribution in [1.29, 1.82) is 0 Å². The van der Waals surface area contributed by atoms with E-state index in [1.807, 2.05) is 67.6 Å². The molecule has 38 heavy (non-hydrogen) atoms. The summed E-state index contributed by atoms with van der Waals surface area (Å²) in [5.74, 6) is -0.813. The van der Waals surface area contributed by atoms with Gasteiger partial charge in [-0.25, -0.2) is 9.59 Å². The summed E-state index contributed by atoms with van der Waals surface area (Å²) in [6, 6.07) is 15.5. The fourth-order valence-corrected chi connectivity index (χ4v) is 5.03. The zero-order chi connectivity index (χ0) is 27.8. The molecule has 2 aliphatic rings. The first-order valence-corrected chi connectivity index (χ1v) is 12.9. The lowest BCUT2D eigenvalue weighted by molar-refractivity contribution is -0.135. The zero-order valence-electron chi connectivity index (χ0n) is 22.8. The predicted molar refractivity (Wildman–Crippen MR) is 142 cm³/mol. The summed E-state index contributed by atoms with van der Waals surface area (Å²) in [7, 11) is 1.68. The number of likely N-dealkylation sites (N-methyl/N-ethyl adjacent to an activating group) is 1.